The molecule has 0 aliphatic carbocycles. The fourth-order valence-electron chi connectivity index (χ4n) is 2.79. The lowest BCUT2D eigenvalue weighted by Crippen LogP contribution is -2.51. The van der Waals surface area contributed by atoms with Crippen molar-refractivity contribution in [1.82, 2.24) is 4.90 Å². The Labute approximate surface area is 119 Å². The van der Waals surface area contributed by atoms with E-state index in [1.807, 2.05) is 25.1 Å². The Kier molecular flexibility index (Phi) is 4.04. The molecule has 106 valence electrons. The van der Waals surface area contributed by atoms with Gasteiger partial charge in [0.25, 0.3) is 11.8 Å². The van der Waals surface area contributed by atoms with E-state index in [-0.39, 0.29) is 17.9 Å². The van der Waals surface area contributed by atoms with Gasteiger partial charge in [-0.05, 0) is 6.92 Å². The minimum atomic E-state index is -0.206. The first kappa shape index (κ1) is 14.5. The van der Waals surface area contributed by atoms with E-state index in [1.165, 1.54) is 22.6 Å². The van der Waals surface area contributed by atoms with Gasteiger partial charge in [-0.15, -0.1) is 0 Å². The Morgan fingerprint density at radius 2 is 1.60 bits per heavy atom. The third kappa shape index (κ3) is 3.33. The standard InChI is InChI=1S/C16H21N2O2/c1-13(17-15(19)9-10-16(17)20)11-18(2,3)12-14-7-5-4-6-8-14/h4-10,13H,11-12H2,1-3H3/q+1. The van der Waals surface area contributed by atoms with E-state index in [0.29, 0.717) is 0 Å². The first-order valence-electron chi connectivity index (χ1n) is 6.80. The number of hydrogen-bond acceptors (Lipinski definition) is 2. The van der Waals surface area contributed by atoms with Crippen molar-refractivity contribution < 1.29 is 14.1 Å². The summed E-state index contributed by atoms with van der Waals surface area (Å²) in [6, 6.07) is 10.1. The second-order valence-electron chi connectivity index (χ2n) is 5.99. The van der Waals surface area contributed by atoms with E-state index in [4.69, 9.17) is 0 Å². The molecule has 4 nitrogen and oxygen atoms in total. The van der Waals surface area contributed by atoms with Crippen LogP contribution in [0.15, 0.2) is 42.5 Å². The lowest BCUT2D eigenvalue weighted by atomic mass is 10.1. The molecule has 0 radical (unpaired) electrons. The van der Waals surface area contributed by atoms with Gasteiger partial charge < -0.3 is 4.48 Å². The van der Waals surface area contributed by atoms with Crippen molar-refractivity contribution in [2.24, 2.45) is 0 Å². The zero-order valence-electron chi connectivity index (χ0n) is 12.2. The van der Waals surface area contributed by atoms with Gasteiger partial charge in [-0.2, -0.15) is 0 Å². The predicted octanol–water partition coefficient (Wildman–Crippen LogP) is 1.58. The topological polar surface area (TPSA) is 37.4 Å². The molecule has 1 aliphatic rings. The van der Waals surface area contributed by atoms with Gasteiger partial charge in [0.1, 0.15) is 6.54 Å². The maximum atomic E-state index is 11.7. The summed E-state index contributed by atoms with van der Waals surface area (Å²) < 4.78 is 0.724. The molecule has 1 atom stereocenters. The first-order chi connectivity index (χ1) is 9.39. The number of rotatable bonds is 5. The molecule has 0 bridgehead atoms. The lowest BCUT2D eigenvalue weighted by molar-refractivity contribution is -0.905. The molecule has 0 aromatic heterocycles. The van der Waals surface area contributed by atoms with Crippen molar-refractivity contribution >= 4 is 11.8 Å². The SMILES string of the molecule is CC(C[N+](C)(C)Cc1ccccc1)N1C(=O)C=CC1=O. The molecule has 1 unspecified atom stereocenters. The average molecular weight is 273 g/mol. The molecule has 0 N–H and O–H groups in total. The van der Waals surface area contributed by atoms with Gasteiger partial charge in [-0.25, -0.2) is 0 Å². The van der Waals surface area contributed by atoms with E-state index in [9.17, 15) is 9.59 Å². The number of imide groups is 1. The molecule has 0 saturated carbocycles. The van der Waals surface area contributed by atoms with Crippen LogP contribution in [0.4, 0.5) is 0 Å². The van der Waals surface area contributed by atoms with Crippen LogP contribution in [0.3, 0.4) is 0 Å². The third-order valence-electron chi connectivity index (χ3n) is 3.50. The summed E-state index contributed by atoms with van der Waals surface area (Å²) in [4.78, 5) is 24.7. The molecule has 1 aromatic carbocycles. The summed E-state index contributed by atoms with van der Waals surface area (Å²) in [5.74, 6) is -0.413. The monoisotopic (exact) mass is 273 g/mol. The van der Waals surface area contributed by atoms with Gasteiger partial charge in [0.2, 0.25) is 0 Å². The summed E-state index contributed by atoms with van der Waals surface area (Å²) in [6.45, 7) is 3.52. The Morgan fingerprint density at radius 3 is 2.15 bits per heavy atom. The highest BCUT2D eigenvalue weighted by molar-refractivity contribution is 6.13. The molecule has 2 amide bonds. The van der Waals surface area contributed by atoms with E-state index >= 15 is 0 Å². The quantitative estimate of drug-likeness (QED) is 0.603. The fourth-order valence-corrected chi connectivity index (χ4v) is 2.79. The molecule has 1 heterocycles. The first-order valence-corrected chi connectivity index (χ1v) is 6.80. The summed E-state index contributed by atoms with van der Waals surface area (Å²) in [7, 11) is 4.23. The zero-order chi connectivity index (χ0) is 14.8. The number of quaternary nitrogens is 1. The molecule has 1 aliphatic heterocycles. The largest absolute Gasteiger partial charge is 0.323 e. The fraction of sp³-hybridized carbons (Fsp3) is 0.375. The van der Waals surface area contributed by atoms with Crippen LogP contribution >= 0.6 is 0 Å². The van der Waals surface area contributed by atoms with Crippen molar-refractivity contribution in [1.29, 1.82) is 0 Å². The number of carbonyl (C=O) groups is 2. The highest BCUT2D eigenvalue weighted by Gasteiger charge is 2.32. The van der Waals surface area contributed by atoms with Gasteiger partial charge in [-0.3, -0.25) is 14.5 Å². The second-order valence-corrected chi connectivity index (χ2v) is 5.99. The average Bonchev–Trinajstić information content (AvgIpc) is 2.69. The van der Waals surface area contributed by atoms with Crippen LogP contribution in [0.1, 0.15) is 12.5 Å². The molecular weight excluding hydrogens is 252 g/mol. The van der Waals surface area contributed by atoms with Gasteiger partial charge in [-0.1, -0.05) is 30.3 Å². The molecule has 2 rings (SSSR count). The van der Waals surface area contributed by atoms with Crippen LogP contribution in [-0.2, 0) is 16.1 Å². The lowest BCUT2D eigenvalue weighted by Gasteiger charge is -2.35. The number of hydrogen-bond donors (Lipinski definition) is 0. The summed E-state index contributed by atoms with van der Waals surface area (Å²) in [5, 5.41) is 0. The maximum absolute atomic E-state index is 11.7. The van der Waals surface area contributed by atoms with Gasteiger partial charge in [0, 0.05) is 17.7 Å². The summed E-state index contributed by atoms with van der Waals surface area (Å²) in [5.41, 5.74) is 1.25. The number of carbonyl (C=O) groups excluding carboxylic acids is 2. The van der Waals surface area contributed by atoms with Gasteiger partial charge in [0.15, 0.2) is 0 Å². The molecule has 0 saturated heterocycles. The number of amides is 2. The van der Waals surface area contributed by atoms with Crippen molar-refractivity contribution in [3.05, 3.63) is 48.0 Å². The molecule has 1 aromatic rings. The second kappa shape index (κ2) is 5.59. The van der Waals surface area contributed by atoms with E-state index < -0.39 is 0 Å². The third-order valence-corrected chi connectivity index (χ3v) is 3.50. The highest BCUT2D eigenvalue weighted by Crippen LogP contribution is 2.15. The van der Waals surface area contributed by atoms with E-state index in [0.717, 1.165) is 17.6 Å². The molecule has 0 spiro atoms. The van der Waals surface area contributed by atoms with Gasteiger partial charge in [0.05, 0.1) is 26.7 Å². The predicted molar refractivity (Wildman–Crippen MR) is 77.6 cm³/mol. The minimum absolute atomic E-state index is 0.108. The maximum Gasteiger partial charge on any atom is 0.254 e. The van der Waals surface area contributed by atoms with Crippen molar-refractivity contribution in [3.63, 3.8) is 0 Å². The molecular formula is C16H21N2O2+. The summed E-state index contributed by atoms with van der Waals surface area (Å²) >= 11 is 0. The van der Waals surface area contributed by atoms with E-state index in [2.05, 4.69) is 26.2 Å². The van der Waals surface area contributed by atoms with Gasteiger partial charge >= 0.3 is 0 Å². The highest BCUT2D eigenvalue weighted by atomic mass is 16.2. The Hall–Kier alpha value is -1.94. The summed E-state index contributed by atoms with van der Waals surface area (Å²) in [6.07, 6.45) is 2.69. The Balaban J connectivity index is 2.01. The number of benzene rings is 1. The smallest absolute Gasteiger partial charge is 0.254 e. The Morgan fingerprint density at radius 1 is 1.05 bits per heavy atom. The Bertz CT molecular complexity index is 517. The van der Waals surface area contributed by atoms with Crippen LogP contribution in [0.2, 0.25) is 0 Å². The van der Waals surface area contributed by atoms with Crippen molar-refractivity contribution in [3.8, 4) is 0 Å². The number of likely N-dealkylation sites (N-methyl/N-ethyl adjacent to an activating group) is 1. The van der Waals surface area contributed by atoms with E-state index in [1.54, 1.807) is 0 Å². The van der Waals surface area contributed by atoms with Crippen LogP contribution in [0.5, 0.6) is 0 Å². The number of nitrogens with zero attached hydrogens (tertiary/aromatic N) is 2. The normalized spacial score (nSPS) is 16.9. The van der Waals surface area contributed by atoms with Crippen LogP contribution in [-0.4, -0.2) is 47.9 Å². The molecule has 4 heteroatoms. The molecule has 0 fully saturated rings. The van der Waals surface area contributed by atoms with Crippen LogP contribution in [0, 0.1) is 0 Å². The minimum Gasteiger partial charge on any atom is -0.323 e. The van der Waals surface area contributed by atoms with Crippen LogP contribution in [0.25, 0.3) is 0 Å². The van der Waals surface area contributed by atoms with Crippen molar-refractivity contribution in [2.75, 3.05) is 20.6 Å². The zero-order valence-corrected chi connectivity index (χ0v) is 12.2. The van der Waals surface area contributed by atoms with Crippen LogP contribution < -0.4 is 0 Å². The molecule has 20 heavy (non-hydrogen) atoms. The van der Waals surface area contributed by atoms with Crippen molar-refractivity contribution in [2.45, 2.75) is 19.5 Å².